The molecule has 1 heterocycles. The Bertz CT molecular complexity index is 662. The van der Waals surface area contributed by atoms with E-state index in [0.717, 1.165) is 25.9 Å². The number of nitrogens with zero attached hydrogens (tertiary/aromatic N) is 2. The zero-order chi connectivity index (χ0) is 17.5. The summed E-state index contributed by atoms with van der Waals surface area (Å²) in [5, 5.41) is 0. The van der Waals surface area contributed by atoms with Crippen molar-refractivity contribution in [3.8, 4) is 0 Å². The van der Waals surface area contributed by atoms with Crippen LogP contribution in [0.3, 0.4) is 0 Å². The molecule has 1 N–H and O–H groups in total. The van der Waals surface area contributed by atoms with Crippen molar-refractivity contribution in [2.45, 2.75) is 38.8 Å². The summed E-state index contributed by atoms with van der Waals surface area (Å²) in [5.41, 5.74) is 2.89. The summed E-state index contributed by atoms with van der Waals surface area (Å²) in [4.78, 5) is 2.49. The summed E-state index contributed by atoms with van der Waals surface area (Å²) in [6.07, 6.45) is 2.16. The molecule has 6 heteroatoms. The van der Waals surface area contributed by atoms with Gasteiger partial charge < -0.3 is 0 Å². The third-order valence-corrected chi connectivity index (χ3v) is 7.14. The maximum absolute atomic E-state index is 12.3. The van der Waals surface area contributed by atoms with E-state index in [1.807, 2.05) is 0 Å². The highest BCUT2D eigenvalue weighted by Gasteiger charge is 2.41. The van der Waals surface area contributed by atoms with Gasteiger partial charge in [-0.2, -0.15) is 17.4 Å². The molecule has 0 bridgehead atoms. The number of benzene rings is 1. The van der Waals surface area contributed by atoms with Crippen molar-refractivity contribution in [1.82, 2.24) is 13.9 Å². The van der Waals surface area contributed by atoms with Crippen LogP contribution in [0.25, 0.3) is 0 Å². The lowest BCUT2D eigenvalue weighted by Crippen LogP contribution is -2.47. The number of likely N-dealkylation sites (tertiary alicyclic amines) is 1. The number of fused-ring (bicyclic) bond motifs is 1. The van der Waals surface area contributed by atoms with Crippen LogP contribution in [0.15, 0.2) is 24.3 Å². The molecule has 0 saturated carbocycles. The highest BCUT2D eigenvalue weighted by Crippen LogP contribution is 2.32. The summed E-state index contributed by atoms with van der Waals surface area (Å²) in [6, 6.07) is 9.14. The van der Waals surface area contributed by atoms with Gasteiger partial charge in [-0.15, -0.1) is 0 Å². The van der Waals surface area contributed by atoms with Crippen LogP contribution in [0.2, 0.25) is 0 Å². The summed E-state index contributed by atoms with van der Waals surface area (Å²) in [5.74, 6) is 0.803. The zero-order valence-corrected chi connectivity index (χ0v) is 15.9. The Hall–Kier alpha value is -0.950. The fourth-order valence-corrected chi connectivity index (χ4v) is 4.89. The molecule has 5 nitrogen and oxygen atoms in total. The molecule has 1 aromatic rings. The predicted molar refractivity (Wildman–Crippen MR) is 97.1 cm³/mol. The van der Waals surface area contributed by atoms with E-state index >= 15 is 0 Å². The Morgan fingerprint density at radius 1 is 1.12 bits per heavy atom. The standard InChI is InChI=1S/C18H29N3O2S/c1-13(2)17-11-21(12-18(17)19-24(22,23)20(3)4)16-9-14-7-5-6-8-15(14)10-16/h5-8,13,16-19H,9-12H2,1-4H3. The molecule has 1 fully saturated rings. The van der Waals surface area contributed by atoms with Crippen LogP contribution in [0.1, 0.15) is 25.0 Å². The summed E-state index contributed by atoms with van der Waals surface area (Å²) >= 11 is 0. The third-order valence-electron chi connectivity index (χ3n) is 5.58. The van der Waals surface area contributed by atoms with Crippen LogP contribution in [-0.4, -0.2) is 56.9 Å². The van der Waals surface area contributed by atoms with Gasteiger partial charge in [0, 0.05) is 39.3 Å². The molecule has 0 spiro atoms. The van der Waals surface area contributed by atoms with Crippen LogP contribution < -0.4 is 4.72 Å². The maximum atomic E-state index is 12.3. The Kier molecular flexibility index (Phi) is 5.02. The minimum atomic E-state index is -3.39. The molecule has 1 aliphatic heterocycles. The minimum absolute atomic E-state index is 0.0129. The smallest absolute Gasteiger partial charge is 0.279 e. The van der Waals surface area contributed by atoms with Crippen molar-refractivity contribution in [2.75, 3.05) is 27.2 Å². The molecule has 1 saturated heterocycles. The largest absolute Gasteiger partial charge is 0.298 e. The minimum Gasteiger partial charge on any atom is -0.298 e. The predicted octanol–water partition coefficient (Wildman–Crippen LogP) is 1.51. The van der Waals surface area contributed by atoms with Gasteiger partial charge in [-0.3, -0.25) is 4.90 Å². The van der Waals surface area contributed by atoms with E-state index in [1.165, 1.54) is 15.4 Å². The van der Waals surface area contributed by atoms with Gasteiger partial charge in [-0.1, -0.05) is 38.1 Å². The second-order valence-electron chi connectivity index (χ2n) is 7.70. The molecule has 1 aliphatic carbocycles. The van der Waals surface area contributed by atoms with Gasteiger partial charge in [0.25, 0.3) is 10.2 Å². The first-order valence-corrected chi connectivity index (χ1v) is 10.2. The lowest BCUT2D eigenvalue weighted by Gasteiger charge is -2.24. The molecular formula is C18H29N3O2S. The van der Waals surface area contributed by atoms with Crippen molar-refractivity contribution >= 4 is 10.2 Å². The van der Waals surface area contributed by atoms with Crippen molar-refractivity contribution in [3.05, 3.63) is 35.4 Å². The average molecular weight is 352 g/mol. The number of hydrogen-bond donors (Lipinski definition) is 1. The molecule has 0 aromatic heterocycles. The molecule has 2 aliphatic rings. The Balaban J connectivity index is 1.72. The zero-order valence-electron chi connectivity index (χ0n) is 15.1. The van der Waals surface area contributed by atoms with Crippen molar-refractivity contribution in [3.63, 3.8) is 0 Å². The van der Waals surface area contributed by atoms with Gasteiger partial charge in [0.15, 0.2) is 0 Å². The van der Waals surface area contributed by atoms with E-state index in [4.69, 9.17) is 0 Å². The van der Waals surface area contributed by atoms with Crippen LogP contribution in [-0.2, 0) is 23.1 Å². The van der Waals surface area contributed by atoms with E-state index in [1.54, 1.807) is 14.1 Å². The molecule has 3 rings (SSSR count). The van der Waals surface area contributed by atoms with Crippen LogP contribution in [0.5, 0.6) is 0 Å². The first-order chi connectivity index (χ1) is 11.3. The second kappa shape index (κ2) is 6.75. The normalized spacial score (nSPS) is 25.8. The van der Waals surface area contributed by atoms with Gasteiger partial charge in [0.1, 0.15) is 0 Å². The van der Waals surface area contributed by atoms with Crippen molar-refractivity contribution in [1.29, 1.82) is 0 Å². The number of hydrogen-bond acceptors (Lipinski definition) is 3. The van der Waals surface area contributed by atoms with Crippen LogP contribution in [0.4, 0.5) is 0 Å². The van der Waals surface area contributed by atoms with Crippen molar-refractivity contribution in [2.24, 2.45) is 11.8 Å². The molecule has 134 valence electrons. The van der Waals surface area contributed by atoms with E-state index < -0.39 is 10.2 Å². The van der Waals surface area contributed by atoms with Gasteiger partial charge in [0.05, 0.1) is 0 Å². The Morgan fingerprint density at radius 2 is 1.71 bits per heavy atom. The molecule has 0 amide bonds. The van der Waals surface area contributed by atoms with E-state index in [9.17, 15) is 8.42 Å². The monoisotopic (exact) mass is 351 g/mol. The first kappa shape index (κ1) is 17.9. The fourth-order valence-electron chi connectivity index (χ4n) is 4.05. The van der Waals surface area contributed by atoms with Crippen LogP contribution in [0, 0.1) is 11.8 Å². The molecular weight excluding hydrogens is 322 g/mol. The Morgan fingerprint density at radius 3 is 2.21 bits per heavy atom. The van der Waals surface area contributed by atoms with Crippen molar-refractivity contribution < 1.29 is 8.42 Å². The summed E-state index contributed by atoms with van der Waals surface area (Å²) < 4.78 is 28.7. The SMILES string of the molecule is CC(C)C1CN(C2Cc3ccccc3C2)CC1NS(=O)(=O)N(C)C. The lowest BCUT2D eigenvalue weighted by molar-refractivity contribution is 0.231. The summed E-state index contributed by atoms with van der Waals surface area (Å²) in [7, 11) is -0.239. The molecule has 1 aromatic carbocycles. The van der Waals surface area contributed by atoms with Gasteiger partial charge >= 0.3 is 0 Å². The fraction of sp³-hybridized carbons (Fsp3) is 0.667. The van der Waals surface area contributed by atoms with Gasteiger partial charge in [-0.25, -0.2) is 0 Å². The van der Waals surface area contributed by atoms with Crippen LogP contribution >= 0.6 is 0 Å². The number of nitrogens with one attached hydrogen (secondary N) is 1. The first-order valence-electron chi connectivity index (χ1n) is 8.78. The highest BCUT2D eigenvalue weighted by atomic mass is 32.2. The van der Waals surface area contributed by atoms with Gasteiger partial charge in [-0.05, 0) is 35.8 Å². The van der Waals surface area contributed by atoms with E-state index in [-0.39, 0.29) is 6.04 Å². The van der Waals surface area contributed by atoms with Gasteiger partial charge in [0.2, 0.25) is 0 Å². The topological polar surface area (TPSA) is 52.7 Å². The molecule has 2 atom stereocenters. The quantitative estimate of drug-likeness (QED) is 0.875. The molecule has 24 heavy (non-hydrogen) atoms. The Labute approximate surface area is 146 Å². The lowest BCUT2D eigenvalue weighted by atomic mass is 9.92. The van der Waals surface area contributed by atoms with E-state index in [0.29, 0.717) is 17.9 Å². The summed E-state index contributed by atoms with van der Waals surface area (Å²) in [6.45, 7) is 6.15. The maximum Gasteiger partial charge on any atom is 0.279 e. The number of rotatable bonds is 5. The highest BCUT2D eigenvalue weighted by molar-refractivity contribution is 7.87. The average Bonchev–Trinajstić information content (AvgIpc) is 3.09. The molecule has 2 unspecified atom stereocenters. The third kappa shape index (κ3) is 3.52. The molecule has 0 radical (unpaired) electrons. The van der Waals surface area contributed by atoms with E-state index in [2.05, 4.69) is 47.7 Å². The second-order valence-corrected chi connectivity index (χ2v) is 9.62.